The third kappa shape index (κ3) is 2.82. The van der Waals surface area contributed by atoms with Crippen molar-refractivity contribution in [3.63, 3.8) is 0 Å². The molecule has 1 nitrogen and oxygen atoms in total. The minimum atomic E-state index is 0.217. The van der Waals surface area contributed by atoms with E-state index in [1.54, 1.807) is 0 Å². The summed E-state index contributed by atoms with van der Waals surface area (Å²) in [6, 6.07) is 10.8. The summed E-state index contributed by atoms with van der Waals surface area (Å²) in [6.07, 6.45) is 12.8. The van der Waals surface area contributed by atoms with Crippen molar-refractivity contribution < 1.29 is 0 Å². The Hall–Kier alpha value is -1.50. The largest absolute Gasteiger partial charge is 0.336 e. The first-order valence-electron chi connectivity index (χ1n) is 7.99. The topological polar surface area (TPSA) is 3.24 Å². The first kappa shape index (κ1) is 14.9. The standard InChI is InChI=1S/C19H27N/c1-4-19(5-2,6-3)20(17-13-9-7-10-14-17)18-15-11-8-12-16-18/h7,9-11,13-16H,4-6,8,12H2,1-3H3. The maximum absolute atomic E-state index is 2.57. The van der Waals surface area contributed by atoms with Gasteiger partial charge in [-0.15, -0.1) is 0 Å². The third-order valence-electron chi connectivity index (χ3n) is 4.70. The predicted octanol–water partition coefficient (Wildman–Crippen LogP) is 5.70. The molecule has 0 atom stereocenters. The van der Waals surface area contributed by atoms with Gasteiger partial charge in [-0.1, -0.05) is 51.1 Å². The highest BCUT2D eigenvalue weighted by Gasteiger charge is 2.33. The van der Waals surface area contributed by atoms with Gasteiger partial charge < -0.3 is 4.90 Å². The fraction of sp³-hybridized carbons (Fsp3) is 0.474. The van der Waals surface area contributed by atoms with Crippen LogP contribution in [-0.2, 0) is 0 Å². The molecular formula is C19H27N. The van der Waals surface area contributed by atoms with E-state index in [-0.39, 0.29) is 5.54 Å². The summed E-state index contributed by atoms with van der Waals surface area (Å²) in [5, 5.41) is 0. The van der Waals surface area contributed by atoms with Gasteiger partial charge in [-0.05, 0) is 50.3 Å². The first-order valence-corrected chi connectivity index (χ1v) is 7.99. The molecule has 1 aromatic rings. The average molecular weight is 269 g/mol. The second-order valence-electron chi connectivity index (χ2n) is 5.56. The number of rotatable bonds is 6. The van der Waals surface area contributed by atoms with Crippen LogP contribution in [0.15, 0.2) is 54.3 Å². The number of nitrogens with zero attached hydrogens (tertiary/aromatic N) is 1. The number of hydrogen-bond acceptors (Lipinski definition) is 1. The van der Waals surface area contributed by atoms with E-state index in [9.17, 15) is 0 Å². The number of allylic oxidation sites excluding steroid dienone is 3. The van der Waals surface area contributed by atoms with Crippen molar-refractivity contribution in [3.05, 3.63) is 54.3 Å². The van der Waals surface area contributed by atoms with Crippen molar-refractivity contribution in [3.8, 4) is 0 Å². The van der Waals surface area contributed by atoms with Crippen molar-refractivity contribution in [2.45, 2.75) is 58.4 Å². The van der Waals surface area contributed by atoms with Gasteiger partial charge in [0.05, 0.1) is 0 Å². The molecule has 0 heterocycles. The van der Waals surface area contributed by atoms with Crippen LogP contribution < -0.4 is 4.90 Å². The van der Waals surface area contributed by atoms with Crippen LogP contribution in [0, 0.1) is 0 Å². The van der Waals surface area contributed by atoms with Crippen LogP contribution in [-0.4, -0.2) is 5.54 Å². The Balaban J connectivity index is 2.49. The molecular weight excluding hydrogens is 242 g/mol. The van der Waals surface area contributed by atoms with E-state index in [0.717, 1.165) is 6.42 Å². The molecule has 0 aliphatic heterocycles. The van der Waals surface area contributed by atoms with Crippen molar-refractivity contribution >= 4 is 5.69 Å². The summed E-state index contributed by atoms with van der Waals surface area (Å²) in [4.78, 5) is 2.57. The van der Waals surface area contributed by atoms with Gasteiger partial charge in [0.1, 0.15) is 0 Å². The fourth-order valence-corrected chi connectivity index (χ4v) is 3.26. The molecule has 1 aliphatic rings. The molecule has 0 fully saturated rings. The summed E-state index contributed by atoms with van der Waals surface area (Å²) in [5.74, 6) is 0. The predicted molar refractivity (Wildman–Crippen MR) is 89.0 cm³/mol. The van der Waals surface area contributed by atoms with Crippen LogP contribution in [0.4, 0.5) is 5.69 Å². The van der Waals surface area contributed by atoms with Crippen LogP contribution in [0.3, 0.4) is 0 Å². The second-order valence-corrected chi connectivity index (χ2v) is 5.56. The van der Waals surface area contributed by atoms with Gasteiger partial charge >= 0.3 is 0 Å². The highest BCUT2D eigenvalue weighted by molar-refractivity contribution is 5.58. The molecule has 2 rings (SSSR count). The van der Waals surface area contributed by atoms with Crippen molar-refractivity contribution in [2.75, 3.05) is 4.90 Å². The van der Waals surface area contributed by atoms with E-state index in [1.807, 2.05) is 0 Å². The molecule has 0 amide bonds. The molecule has 1 heteroatoms. The fourth-order valence-electron chi connectivity index (χ4n) is 3.26. The zero-order valence-electron chi connectivity index (χ0n) is 13.1. The zero-order valence-corrected chi connectivity index (χ0v) is 13.1. The Labute approximate surface area is 124 Å². The molecule has 1 aromatic carbocycles. The minimum Gasteiger partial charge on any atom is -0.336 e. The quantitative estimate of drug-likeness (QED) is 0.640. The molecule has 0 bridgehead atoms. The monoisotopic (exact) mass is 269 g/mol. The normalized spacial score (nSPS) is 15.1. The Morgan fingerprint density at radius 1 is 0.950 bits per heavy atom. The maximum Gasteiger partial charge on any atom is 0.0443 e. The molecule has 0 saturated carbocycles. The van der Waals surface area contributed by atoms with E-state index in [4.69, 9.17) is 0 Å². The molecule has 0 saturated heterocycles. The van der Waals surface area contributed by atoms with Crippen LogP contribution in [0.25, 0.3) is 0 Å². The summed E-state index contributed by atoms with van der Waals surface area (Å²) in [5.41, 5.74) is 2.90. The maximum atomic E-state index is 2.57. The van der Waals surface area contributed by atoms with Crippen LogP contribution in [0.2, 0.25) is 0 Å². The lowest BCUT2D eigenvalue weighted by molar-refractivity contribution is 0.367. The lowest BCUT2D eigenvalue weighted by Gasteiger charge is -2.45. The lowest BCUT2D eigenvalue weighted by atomic mass is 9.86. The van der Waals surface area contributed by atoms with Crippen molar-refractivity contribution in [2.24, 2.45) is 0 Å². The Bertz CT molecular complexity index is 458. The van der Waals surface area contributed by atoms with E-state index in [1.165, 1.54) is 37.1 Å². The molecule has 20 heavy (non-hydrogen) atoms. The van der Waals surface area contributed by atoms with E-state index >= 15 is 0 Å². The van der Waals surface area contributed by atoms with Crippen molar-refractivity contribution in [1.29, 1.82) is 0 Å². The number of hydrogen-bond donors (Lipinski definition) is 0. The van der Waals surface area contributed by atoms with E-state index in [2.05, 4.69) is 74.2 Å². The van der Waals surface area contributed by atoms with Gasteiger partial charge in [0.15, 0.2) is 0 Å². The van der Waals surface area contributed by atoms with E-state index < -0.39 is 0 Å². The Morgan fingerprint density at radius 3 is 2.10 bits per heavy atom. The van der Waals surface area contributed by atoms with Crippen LogP contribution in [0.1, 0.15) is 52.9 Å². The first-order chi connectivity index (χ1) is 9.77. The summed E-state index contributed by atoms with van der Waals surface area (Å²) in [6.45, 7) is 6.95. The molecule has 1 aliphatic carbocycles. The highest BCUT2D eigenvalue weighted by Crippen LogP contribution is 2.37. The average Bonchev–Trinajstić information content (AvgIpc) is 2.54. The summed E-state index contributed by atoms with van der Waals surface area (Å²) < 4.78 is 0. The highest BCUT2D eigenvalue weighted by atomic mass is 15.2. The smallest absolute Gasteiger partial charge is 0.0443 e. The molecule has 0 radical (unpaired) electrons. The number of para-hydroxylation sites is 1. The van der Waals surface area contributed by atoms with Gasteiger partial charge in [-0.2, -0.15) is 0 Å². The van der Waals surface area contributed by atoms with Gasteiger partial charge in [-0.25, -0.2) is 0 Å². The Morgan fingerprint density at radius 2 is 1.60 bits per heavy atom. The van der Waals surface area contributed by atoms with Crippen molar-refractivity contribution in [1.82, 2.24) is 0 Å². The van der Waals surface area contributed by atoms with Crippen LogP contribution in [0.5, 0.6) is 0 Å². The van der Waals surface area contributed by atoms with Gasteiger partial charge in [0, 0.05) is 16.9 Å². The zero-order chi connectivity index (χ0) is 14.4. The number of benzene rings is 1. The number of anilines is 1. The SMILES string of the molecule is CCC(CC)(CC)N(C1=CCCC=C1)c1ccccc1. The molecule has 0 N–H and O–H groups in total. The second kappa shape index (κ2) is 6.78. The van der Waals surface area contributed by atoms with Gasteiger partial charge in [-0.3, -0.25) is 0 Å². The van der Waals surface area contributed by atoms with Gasteiger partial charge in [0.25, 0.3) is 0 Å². The minimum absolute atomic E-state index is 0.217. The Kier molecular flexibility index (Phi) is 5.05. The van der Waals surface area contributed by atoms with Crippen LogP contribution >= 0.6 is 0 Å². The molecule has 0 spiro atoms. The van der Waals surface area contributed by atoms with E-state index in [0.29, 0.717) is 0 Å². The molecule has 0 aromatic heterocycles. The molecule has 0 unspecified atom stereocenters. The summed E-state index contributed by atoms with van der Waals surface area (Å²) in [7, 11) is 0. The molecule has 108 valence electrons. The third-order valence-corrected chi connectivity index (χ3v) is 4.70. The van der Waals surface area contributed by atoms with Gasteiger partial charge in [0.2, 0.25) is 0 Å². The summed E-state index contributed by atoms with van der Waals surface area (Å²) >= 11 is 0. The lowest BCUT2D eigenvalue weighted by Crippen LogP contribution is -2.47.